The number of aromatic amines is 1. The molecule has 0 bridgehead atoms. The highest BCUT2D eigenvalue weighted by atomic mass is 16.5. The Morgan fingerprint density at radius 3 is 2.95 bits per heavy atom. The predicted octanol–water partition coefficient (Wildman–Crippen LogP) is 1.06. The van der Waals surface area contributed by atoms with Crippen molar-refractivity contribution in [1.82, 2.24) is 14.9 Å². The van der Waals surface area contributed by atoms with Gasteiger partial charge >= 0.3 is 0 Å². The number of rotatable bonds is 4. The predicted molar refractivity (Wildman–Crippen MR) is 82.7 cm³/mol. The Kier molecular flexibility index (Phi) is 4.17. The van der Waals surface area contributed by atoms with E-state index >= 15 is 0 Å². The Hall–Kier alpha value is -1.92. The lowest BCUT2D eigenvalue weighted by atomic mass is 10.2. The number of anilines is 1. The van der Waals surface area contributed by atoms with Crippen LogP contribution in [-0.2, 0) is 4.74 Å². The van der Waals surface area contributed by atoms with Crippen LogP contribution >= 0.6 is 0 Å². The summed E-state index contributed by atoms with van der Waals surface area (Å²) in [6.07, 6.45) is 0. The van der Waals surface area contributed by atoms with Gasteiger partial charge in [0.1, 0.15) is 0 Å². The van der Waals surface area contributed by atoms with Gasteiger partial charge < -0.3 is 10.1 Å². The monoisotopic (exact) mass is 288 g/mol. The fraction of sp³-hybridized carbons (Fsp3) is 0.467. The third-order valence-electron chi connectivity index (χ3n) is 3.85. The maximum absolute atomic E-state index is 12.0. The zero-order chi connectivity index (χ0) is 14.7. The van der Waals surface area contributed by atoms with Gasteiger partial charge in [0, 0.05) is 25.7 Å². The molecule has 1 aromatic heterocycles. The SMILES string of the molecule is CC(CNc1nc2ccccc2c(=O)[nH]1)N1CCOCC1. The third kappa shape index (κ3) is 3.22. The van der Waals surface area contributed by atoms with Crippen molar-refractivity contribution in [3.05, 3.63) is 34.6 Å². The van der Waals surface area contributed by atoms with Gasteiger partial charge in [-0.1, -0.05) is 12.1 Å². The normalized spacial score (nSPS) is 17.8. The summed E-state index contributed by atoms with van der Waals surface area (Å²) in [7, 11) is 0. The number of fused-ring (bicyclic) bond motifs is 1. The van der Waals surface area contributed by atoms with E-state index in [0.29, 0.717) is 22.9 Å². The van der Waals surface area contributed by atoms with E-state index in [2.05, 4.69) is 27.1 Å². The van der Waals surface area contributed by atoms with Crippen LogP contribution in [0.2, 0.25) is 0 Å². The highest BCUT2D eigenvalue weighted by Gasteiger charge is 2.16. The second kappa shape index (κ2) is 6.24. The highest BCUT2D eigenvalue weighted by molar-refractivity contribution is 5.78. The molecule has 6 heteroatoms. The molecule has 2 heterocycles. The van der Waals surface area contributed by atoms with Gasteiger partial charge in [0.2, 0.25) is 5.95 Å². The molecule has 0 aliphatic carbocycles. The number of hydrogen-bond acceptors (Lipinski definition) is 5. The molecule has 21 heavy (non-hydrogen) atoms. The molecule has 0 amide bonds. The first kappa shape index (κ1) is 14.0. The van der Waals surface area contributed by atoms with Gasteiger partial charge in [-0.2, -0.15) is 0 Å². The first-order valence-electron chi connectivity index (χ1n) is 7.29. The number of para-hydroxylation sites is 1. The van der Waals surface area contributed by atoms with Crippen LogP contribution in [0.15, 0.2) is 29.1 Å². The number of nitrogens with zero attached hydrogens (tertiary/aromatic N) is 2. The van der Waals surface area contributed by atoms with E-state index in [-0.39, 0.29) is 5.56 Å². The van der Waals surface area contributed by atoms with Crippen LogP contribution < -0.4 is 10.9 Å². The summed E-state index contributed by atoms with van der Waals surface area (Å²) < 4.78 is 5.35. The number of nitrogens with one attached hydrogen (secondary N) is 2. The molecule has 1 atom stereocenters. The summed E-state index contributed by atoms with van der Waals surface area (Å²) in [4.78, 5) is 21.6. The van der Waals surface area contributed by atoms with Crippen LogP contribution in [0.3, 0.4) is 0 Å². The van der Waals surface area contributed by atoms with Crippen molar-refractivity contribution in [2.75, 3.05) is 38.2 Å². The highest BCUT2D eigenvalue weighted by Crippen LogP contribution is 2.09. The largest absolute Gasteiger partial charge is 0.379 e. The lowest BCUT2D eigenvalue weighted by molar-refractivity contribution is 0.0227. The summed E-state index contributed by atoms with van der Waals surface area (Å²) in [5.41, 5.74) is 0.602. The molecule has 112 valence electrons. The van der Waals surface area contributed by atoms with E-state index in [9.17, 15) is 4.79 Å². The Morgan fingerprint density at radius 2 is 2.14 bits per heavy atom. The van der Waals surface area contributed by atoms with Crippen molar-refractivity contribution in [1.29, 1.82) is 0 Å². The van der Waals surface area contributed by atoms with Crippen LogP contribution in [0.25, 0.3) is 10.9 Å². The molecule has 2 aromatic rings. The van der Waals surface area contributed by atoms with Gasteiger partial charge in [0.25, 0.3) is 5.56 Å². The summed E-state index contributed by atoms with van der Waals surface area (Å²) in [6.45, 7) is 6.37. The fourth-order valence-corrected chi connectivity index (χ4v) is 2.56. The number of morpholine rings is 1. The smallest absolute Gasteiger partial charge is 0.260 e. The van der Waals surface area contributed by atoms with Gasteiger partial charge in [0.15, 0.2) is 0 Å². The number of benzene rings is 1. The molecule has 1 fully saturated rings. The molecule has 0 spiro atoms. The quantitative estimate of drug-likeness (QED) is 0.880. The molecule has 3 rings (SSSR count). The van der Waals surface area contributed by atoms with Crippen LogP contribution in [0.4, 0.5) is 5.95 Å². The molecule has 6 nitrogen and oxygen atoms in total. The fourth-order valence-electron chi connectivity index (χ4n) is 2.56. The van der Waals surface area contributed by atoms with E-state index in [0.717, 1.165) is 32.8 Å². The number of aromatic nitrogens is 2. The maximum atomic E-state index is 12.0. The molecular formula is C15H20N4O2. The Bertz CT molecular complexity index is 664. The molecule has 1 aliphatic heterocycles. The molecule has 2 N–H and O–H groups in total. The first-order valence-corrected chi connectivity index (χ1v) is 7.29. The zero-order valence-corrected chi connectivity index (χ0v) is 12.1. The second-order valence-corrected chi connectivity index (χ2v) is 5.31. The van der Waals surface area contributed by atoms with Crippen LogP contribution in [0, 0.1) is 0 Å². The van der Waals surface area contributed by atoms with E-state index in [4.69, 9.17) is 4.74 Å². The third-order valence-corrected chi connectivity index (χ3v) is 3.85. The molecule has 1 aliphatic rings. The van der Waals surface area contributed by atoms with E-state index in [1.807, 2.05) is 18.2 Å². The standard InChI is InChI=1S/C15H20N4O2/c1-11(19-6-8-21-9-7-19)10-16-15-17-13-5-3-2-4-12(13)14(20)18-15/h2-5,11H,6-10H2,1H3,(H2,16,17,18,20). The zero-order valence-electron chi connectivity index (χ0n) is 12.1. The molecule has 0 saturated carbocycles. The van der Waals surface area contributed by atoms with E-state index < -0.39 is 0 Å². The molecule has 1 aromatic carbocycles. The number of ether oxygens (including phenoxy) is 1. The topological polar surface area (TPSA) is 70.2 Å². The van der Waals surface area contributed by atoms with Crippen molar-refractivity contribution >= 4 is 16.9 Å². The van der Waals surface area contributed by atoms with Crippen molar-refractivity contribution in [2.24, 2.45) is 0 Å². The number of hydrogen-bond donors (Lipinski definition) is 2. The van der Waals surface area contributed by atoms with Crippen LogP contribution in [0.1, 0.15) is 6.92 Å². The molecular weight excluding hydrogens is 268 g/mol. The van der Waals surface area contributed by atoms with E-state index in [1.54, 1.807) is 6.07 Å². The lowest BCUT2D eigenvalue weighted by Gasteiger charge is -2.32. The molecule has 1 saturated heterocycles. The Morgan fingerprint density at radius 1 is 1.38 bits per heavy atom. The van der Waals surface area contributed by atoms with Crippen LogP contribution in [0.5, 0.6) is 0 Å². The van der Waals surface area contributed by atoms with Crippen molar-refractivity contribution < 1.29 is 4.74 Å². The lowest BCUT2D eigenvalue weighted by Crippen LogP contribution is -2.45. The van der Waals surface area contributed by atoms with Crippen LogP contribution in [-0.4, -0.2) is 53.8 Å². The minimum Gasteiger partial charge on any atom is -0.379 e. The summed E-state index contributed by atoms with van der Waals surface area (Å²) in [5, 5.41) is 3.84. The van der Waals surface area contributed by atoms with Gasteiger partial charge in [-0.3, -0.25) is 14.7 Å². The van der Waals surface area contributed by atoms with Crippen molar-refractivity contribution in [2.45, 2.75) is 13.0 Å². The summed E-state index contributed by atoms with van der Waals surface area (Å²) in [6, 6.07) is 7.72. The minimum atomic E-state index is -0.109. The summed E-state index contributed by atoms with van der Waals surface area (Å²) in [5.74, 6) is 0.527. The molecule has 1 unspecified atom stereocenters. The molecule has 0 radical (unpaired) electrons. The average molecular weight is 288 g/mol. The summed E-state index contributed by atoms with van der Waals surface area (Å²) >= 11 is 0. The first-order chi connectivity index (χ1) is 10.2. The van der Waals surface area contributed by atoms with Gasteiger partial charge in [-0.15, -0.1) is 0 Å². The number of H-pyrrole nitrogens is 1. The second-order valence-electron chi connectivity index (χ2n) is 5.31. The van der Waals surface area contributed by atoms with Crippen molar-refractivity contribution in [3.8, 4) is 0 Å². The minimum absolute atomic E-state index is 0.109. The van der Waals surface area contributed by atoms with Gasteiger partial charge in [-0.25, -0.2) is 4.98 Å². The Balaban J connectivity index is 1.69. The Labute approximate surface area is 123 Å². The van der Waals surface area contributed by atoms with E-state index in [1.165, 1.54) is 0 Å². The van der Waals surface area contributed by atoms with Gasteiger partial charge in [-0.05, 0) is 19.1 Å². The maximum Gasteiger partial charge on any atom is 0.260 e. The van der Waals surface area contributed by atoms with Crippen molar-refractivity contribution in [3.63, 3.8) is 0 Å². The van der Waals surface area contributed by atoms with Gasteiger partial charge in [0.05, 0.1) is 24.1 Å². The average Bonchev–Trinajstić information content (AvgIpc) is 2.53.